The first-order valence-corrected chi connectivity index (χ1v) is 9.64. The van der Waals surface area contributed by atoms with Gasteiger partial charge in [0.2, 0.25) is 0 Å². The van der Waals surface area contributed by atoms with Crippen molar-refractivity contribution in [1.82, 2.24) is 4.90 Å². The van der Waals surface area contributed by atoms with E-state index in [-0.39, 0.29) is 12.5 Å². The molecule has 2 N–H and O–H groups in total. The van der Waals surface area contributed by atoms with E-state index in [0.717, 1.165) is 17.7 Å². The molecule has 1 heterocycles. The maximum Gasteiger partial charge on any atom is 0.407 e. The van der Waals surface area contributed by atoms with Crippen LogP contribution in [0.1, 0.15) is 23.5 Å². The molecule has 3 rings (SSSR count). The molecule has 1 aliphatic heterocycles. The first-order valence-electron chi connectivity index (χ1n) is 9.64. The zero-order valence-electron chi connectivity index (χ0n) is 15.9. The van der Waals surface area contributed by atoms with Gasteiger partial charge in [-0.05, 0) is 36.1 Å². The predicted molar refractivity (Wildman–Crippen MR) is 106 cm³/mol. The van der Waals surface area contributed by atoms with E-state index in [1.165, 1.54) is 10.5 Å². The second-order valence-electron chi connectivity index (χ2n) is 6.96. The Bertz CT molecular complexity index is 734. The van der Waals surface area contributed by atoms with Crippen molar-refractivity contribution in [2.45, 2.75) is 24.9 Å². The van der Waals surface area contributed by atoms with Crippen LogP contribution in [-0.2, 0) is 11.2 Å². The molecule has 0 radical (unpaired) electrons. The van der Waals surface area contributed by atoms with Crippen molar-refractivity contribution in [2.75, 3.05) is 32.9 Å². The molecule has 150 valence electrons. The third-order valence-electron chi connectivity index (χ3n) is 5.04. The summed E-state index contributed by atoms with van der Waals surface area (Å²) in [5, 5.41) is 19.3. The van der Waals surface area contributed by atoms with E-state index in [1.54, 1.807) is 0 Å². The zero-order chi connectivity index (χ0) is 19.8. The van der Waals surface area contributed by atoms with Gasteiger partial charge in [-0.15, -0.1) is 0 Å². The quantitative estimate of drug-likeness (QED) is 0.683. The molecule has 2 aromatic carbocycles. The Kier molecular flexibility index (Phi) is 7.28. The maximum atomic E-state index is 11.0. The summed E-state index contributed by atoms with van der Waals surface area (Å²) in [5.74, 6) is 0.707. The lowest BCUT2D eigenvalue weighted by Gasteiger charge is -2.34. The molecule has 2 atom stereocenters. The van der Waals surface area contributed by atoms with E-state index in [9.17, 15) is 9.90 Å². The van der Waals surface area contributed by atoms with Gasteiger partial charge in [-0.25, -0.2) is 4.79 Å². The number of β-amino-alcohol motifs (C(OH)–C–C–N with tert-alkyl or cyclic N) is 1. The van der Waals surface area contributed by atoms with Gasteiger partial charge < -0.3 is 24.6 Å². The lowest BCUT2D eigenvalue weighted by molar-refractivity contribution is 0.0504. The number of piperidine rings is 1. The maximum absolute atomic E-state index is 11.0. The minimum absolute atomic E-state index is 0.0500. The predicted octanol–water partition coefficient (Wildman–Crippen LogP) is 3.15. The molecule has 0 spiro atoms. The van der Waals surface area contributed by atoms with Crippen LogP contribution >= 0.6 is 0 Å². The van der Waals surface area contributed by atoms with Crippen molar-refractivity contribution in [2.24, 2.45) is 0 Å². The number of carbonyl (C=O) groups is 1. The summed E-state index contributed by atoms with van der Waals surface area (Å²) in [4.78, 5) is 12.3. The standard InChI is InChI=1S/C22H27NO5/c24-21-16-23(22(25)26)12-10-20(21)18-6-8-19(9-7-18)28-15-14-27-13-11-17-4-2-1-3-5-17/h1-9,20-21,24H,10-16H2,(H,25,26). The zero-order valence-corrected chi connectivity index (χ0v) is 15.9. The molecule has 2 unspecified atom stereocenters. The van der Waals surface area contributed by atoms with E-state index in [2.05, 4.69) is 12.1 Å². The second kappa shape index (κ2) is 10.1. The Balaban J connectivity index is 1.37. The number of ether oxygens (including phenoxy) is 2. The van der Waals surface area contributed by atoms with Crippen molar-refractivity contribution in [3.8, 4) is 5.75 Å². The average molecular weight is 385 g/mol. The highest BCUT2D eigenvalue weighted by Gasteiger charge is 2.30. The summed E-state index contributed by atoms with van der Waals surface area (Å²) in [7, 11) is 0. The van der Waals surface area contributed by atoms with Gasteiger partial charge in [0, 0.05) is 12.5 Å². The largest absolute Gasteiger partial charge is 0.491 e. The van der Waals surface area contributed by atoms with E-state index >= 15 is 0 Å². The van der Waals surface area contributed by atoms with Gasteiger partial charge in [0.1, 0.15) is 12.4 Å². The van der Waals surface area contributed by atoms with Gasteiger partial charge in [0.05, 0.1) is 25.9 Å². The van der Waals surface area contributed by atoms with Crippen molar-refractivity contribution in [1.29, 1.82) is 0 Å². The normalized spacial score (nSPS) is 19.4. The molecule has 2 aromatic rings. The fourth-order valence-electron chi connectivity index (χ4n) is 3.46. The Hall–Kier alpha value is -2.57. The molecule has 0 aromatic heterocycles. The van der Waals surface area contributed by atoms with Crippen LogP contribution in [0.3, 0.4) is 0 Å². The van der Waals surface area contributed by atoms with E-state index < -0.39 is 12.2 Å². The Morgan fingerprint density at radius 2 is 1.79 bits per heavy atom. The van der Waals surface area contributed by atoms with Crippen LogP contribution in [0, 0.1) is 0 Å². The van der Waals surface area contributed by atoms with Crippen LogP contribution < -0.4 is 4.74 Å². The molecule has 1 aliphatic rings. The molecular weight excluding hydrogens is 358 g/mol. The van der Waals surface area contributed by atoms with E-state index in [0.29, 0.717) is 32.8 Å². The third-order valence-corrected chi connectivity index (χ3v) is 5.04. The molecule has 28 heavy (non-hydrogen) atoms. The van der Waals surface area contributed by atoms with Gasteiger partial charge in [-0.2, -0.15) is 0 Å². The van der Waals surface area contributed by atoms with E-state index in [4.69, 9.17) is 14.6 Å². The smallest absolute Gasteiger partial charge is 0.407 e. The lowest BCUT2D eigenvalue weighted by atomic mass is 9.87. The molecule has 1 fully saturated rings. The minimum Gasteiger partial charge on any atom is -0.491 e. The Morgan fingerprint density at radius 3 is 2.46 bits per heavy atom. The number of aliphatic hydroxyl groups is 1. The molecule has 0 aliphatic carbocycles. The van der Waals surface area contributed by atoms with Gasteiger partial charge in [0.25, 0.3) is 0 Å². The van der Waals surface area contributed by atoms with Crippen LogP contribution in [-0.4, -0.2) is 60.2 Å². The molecule has 0 bridgehead atoms. The number of carboxylic acid groups (broad SMARTS) is 1. The van der Waals surface area contributed by atoms with Gasteiger partial charge in [-0.3, -0.25) is 0 Å². The van der Waals surface area contributed by atoms with Crippen molar-refractivity contribution >= 4 is 6.09 Å². The number of benzene rings is 2. The first kappa shape index (κ1) is 20.2. The molecule has 0 saturated carbocycles. The van der Waals surface area contributed by atoms with Crippen LogP contribution in [0.5, 0.6) is 5.75 Å². The van der Waals surface area contributed by atoms with E-state index in [1.807, 2.05) is 42.5 Å². The van der Waals surface area contributed by atoms with Crippen LogP contribution in [0.4, 0.5) is 4.79 Å². The molecular formula is C22H27NO5. The highest BCUT2D eigenvalue weighted by Crippen LogP contribution is 2.29. The first-order chi connectivity index (χ1) is 13.6. The lowest BCUT2D eigenvalue weighted by Crippen LogP contribution is -2.45. The monoisotopic (exact) mass is 385 g/mol. The molecule has 1 saturated heterocycles. The highest BCUT2D eigenvalue weighted by molar-refractivity contribution is 5.65. The summed E-state index contributed by atoms with van der Waals surface area (Å²) < 4.78 is 11.3. The summed E-state index contributed by atoms with van der Waals surface area (Å²) in [5.41, 5.74) is 2.26. The van der Waals surface area contributed by atoms with Crippen LogP contribution in [0.2, 0.25) is 0 Å². The summed E-state index contributed by atoms with van der Waals surface area (Å²) in [6.45, 7) is 2.27. The van der Waals surface area contributed by atoms with Crippen molar-refractivity contribution < 1.29 is 24.5 Å². The SMILES string of the molecule is O=C(O)N1CCC(c2ccc(OCCOCCc3ccccc3)cc2)C(O)C1. The highest BCUT2D eigenvalue weighted by atomic mass is 16.5. The number of aliphatic hydroxyl groups excluding tert-OH is 1. The number of nitrogens with zero attached hydrogens (tertiary/aromatic N) is 1. The second-order valence-corrected chi connectivity index (χ2v) is 6.96. The van der Waals surface area contributed by atoms with Gasteiger partial charge in [0.15, 0.2) is 0 Å². The summed E-state index contributed by atoms with van der Waals surface area (Å²) in [6, 6.07) is 17.9. The van der Waals surface area contributed by atoms with Crippen molar-refractivity contribution in [3.63, 3.8) is 0 Å². The number of rotatable bonds is 8. The summed E-state index contributed by atoms with van der Waals surface area (Å²) in [6.07, 6.45) is -0.163. The average Bonchev–Trinajstić information content (AvgIpc) is 2.72. The topological polar surface area (TPSA) is 79.2 Å². The third kappa shape index (κ3) is 5.71. The number of hydrogen-bond acceptors (Lipinski definition) is 4. The Morgan fingerprint density at radius 1 is 1.04 bits per heavy atom. The number of amides is 1. The van der Waals surface area contributed by atoms with Gasteiger partial charge in [-0.1, -0.05) is 42.5 Å². The minimum atomic E-state index is -0.979. The number of likely N-dealkylation sites (tertiary alicyclic amines) is 1. The van der Waals surface area contributed by atoms with Crippen molar-refractivity contribution in [3.05, 3.63) is 65.7 Å². The fraction of sp³-hybridized carbons (Fsp3) is 0.409. The molecule has 6 nitrogen and oxygen atoms in total. The summed E-state index contributed by atoms with van der Waals surface area (Å²) >= 11 is 0. The molecule has 1 amide bonds. The Labute approximate surface area is 165 Å². The van der Waals surface area contributed by atoms with Crippen LogP contribution in [0.15, 0.2) is 54.6 Å². The number of hydrogen-bond donors (Lipinski definition) is 2. The fourth-order valence-corrected chi connectivity index (χ4v) is 3.46. The van der Waals surface area contributed by atoms with Gasteiger partial charge >= 0.3 is 6.09 Å². The van der Waals surface area contributed by atoms with Crippen LogP contribution in [0.25, 0.3) is 0 Å². The molecule has 6 heteroatoms.